The summed E-state index contributed by atoms with van der Waals surface area (Å²) in [5.41, 5.74) is -0.0688. The van der Waals surface area contributed by atoms with Gasteiger partial charge in [0.2, 0.25) is 0 Å². The van der Waals surface area contributed by atoms with Gasteiger partial charge in [-0.1, -0.05) is 30.3 Å². The van der Waals surface area contributed by atoms with Crippen LogP contribution in [0.4, 0.5) is 4.39 Å². The van der Waals surface area contributed by atoms with Crippen LogP contribution in [0.1, 0.15) is 22.3 Å². The number of morpholine rings is 1. The number of hydrogen-bond donors (Lipinski definition) is 2. The molecular formula is C22H25FN2O4. The maximum atomic E-state index is 13.7. The van der Waals surface area contributed by atoms with Crippen molar-refractivity contribution in [1.82, 2.24) is 9.80 Å². The van der Waals surface area contributed by atoms with Crippen molar-refractivity contribution in [3.05, 3.63) is 65.5 Å². The second-order valence-corrected chi connectivity index (χ2v) is 7.62. The molecule has 2 aliphatic rings. The average Bonchev–Trinajstić information content (AvgIpc) is 2.77. The lowest BCUT2D eigenvalue weighted by atomic mass is 9.79. The summed E-state index contributed by atoms with van der Waals surface area (Å²) in [6, 6.07) is 12.9. The Kier molecular flexibility index (Phi) is 5.54. The Morgan fingerprint density at radius 1 is 1.10 bits per heavy atom. The van der Waals surface area contributed by atoms with Crippen LogP contribution in [-0.2, 0) is 10.3 Å². The number of carbonyl (C=O) groups excluding carboxylic acids is 1. The molecule has 2 aromatic carbocycles. The van der Waals surface area contributed by atoms with Gasteiger partial charge in [0.15, 0.2) is 11.6 Å². The Labute approximate surface area is 169 Å². The van der Waals surface area contributed by atoms with Gasteiger partial charge in [0.25, 0.3) is 5.91 Å². The van der Waals surface area contributed by atoms with Crippen molar-refractivity contribution in [3.8, 4) is 5.75 Å². The van der Waals surface area contributed by atoms with Crippen molar-refractivity contribution in [2.75, 3.05) is 39.4 Å². The number of halogens is 1. The van der Waals surface area contributed by atoms with E-state index in [0.717, 1.165) is 11.6 Å². The zero-order valence-corrected chi connectivity index (χ0v) is 16.1. The first kappa shape index (κ1) is 19.8. The number of piperidine rings is 1. The summed E-state index contributed by atoms with van der Waals surface area (Å²) < 4.78 is 19.2. The van der Waals surface area contributed by atoms with Crippen molar-refractivity contribution in [2.45, 2.75) is 18.1 Å². The van der Waals surface area contributed by atoms with E-state index in [9.17, 15) is 19.4 Å². The van der Waals surface area contributed by atoms with Crippen molar-refractivity contribution in [1.29, 1.82) is 0 Å². The summed E-state index contributed by atoms with van der Waals surface area (Å²) in [5, 5.41) is 21.1. The Morgan fingerprint density at radius 2 is 1.83 bits per heavy atom. The summed E-state index contributed by atoms with van der Waals surface area (Å²) >= 11 is 0. The maximum absolute atomic E-state index is 13.7. The first-order valence-corrected chi connectivity index (χ1v) is 9.86. The van der Waals surface area contributed by atoms with Crippen LogP contribution < -0.4 is 0 Å². The van der Waals surface area contributed by atoms with Gasteiger partial charge in [0.1, 0.15) is 5.60 Å². The van der Waals surface area contributed by atoms with Gasteiger partial charge >= 0.3 is 0 Å². The quantitative estimate of drug-likeness (QED) is 0.824. The summed E-state index contributed by atoms with van der Waals surface area (Å²) in [6.07, 6.45) is 0.380. The minimum Gasteiger partial charge on any atom is -0.505 e. The van der Waals surface area contributed by atoms with Gasteiger partial charge in [-0.05, 0) is 30.2 Å². The molecule has 2 heterocycles. The first-order valence-electron chi connectivity index (χ1n) is 9.86. The van der Waals surface area contributed by atoms with Crippen molar-refractivity contribution < 1.29 is 24.1 Å². The summed E-state index contributed by atoms with van der Waals surface area (Å²) in [7, 11) is 0. The number of ether oxygens (including phenoxy) is 1. The fourth-order valence-electron chi connectivity index (χ4n) is 4.30. The highest BCUT2D eigenvalue weighted by atomic mass is 19.1. The van der Waals surface area contributed by atoms with Crippen LogP contribution in [0.2, 0.25) is 0 Å². The van der Waals surface area contributed by atoms with Gasteiger partial charge in [0.05, 0.1) is 19.3 Å². The van der Waals surface area contributed by atoms with Crippen molar-refractivity contribution in [2.24, 2.45) is 0 Å². The molecule has 154 valence electrons. The number of nitrogens with zero attached hydrogens (tertiary/aromatic N) is 2. The van der Waals surface area contributed by atoms with Gasteiger partial charge in [-0.25, -0.2) is 4.39 Å². The molecule has 4 rings (SSSR count). The van der Waals surface area contributed by atoms with Crippen molar-refractivity contribution >= 4 is 5.91 Å². The van der Waals surface area contributed by atoms with Gasteiger partial charge in [-0.2, -0.15) is 0 Å². The standard InChI is InChI=1S/C22H25FN2O4/c23-18-14-16(6-7-19(18)26)21(27)25-9-8-22(28,17-4-2-1-3-5-17)20(15-25)24-10-12-29-13-11-24/h1-7,14,20,26,28H,8-13,15H2/t20-,22+/m1/s1. The first-order chi connectivity index (χ1) is 14.0. The molecule has 6 nitrogen and oxygen atoms in total. The number of benzene rings is 2. The number of hydrogen-bond acceptors (Lipinski definition) is 5. The largest absolute Gasteiger partial charge is 0.505 e. The monoisotopic (exact) mass is 400 g/mol. The number of phenols is 1. The summed E-state index contributed by atoms with van der Waals surface area (Å²) in [5.74, 6) is -1.61. The smallest absolute Gasteiger partial charge is 0.254 e. The highest BCUT2D eigenvalue weighted by Gasteiger charge is 2.47. The Hall–Kier alpha value is -2.48. The van der Waals surface area contributed by atoms with E-state index < -0.39 is 17.2 Å². The maximum Gasteiger partial charge on any atom is 0.254 e. The van der Waals surface area contributed by atoms with E-state index >= 15 is 0 Å². The van der Waals surface area contributed by atoms with E-state index in [1.807, 2.05) is 30.3 Å². The van der Waals surface area contributed by atoms with Crippen molar-refractivity contribution in [3.63, 3.8) is 0 Å². The Balaban J connectivity index is 1.62. The van der Waals surface area contributed by atoms with E-state index in [4.69, 9.17) is 4.74 Å². The third-order valence-corrected chi connectivity index (χ3v) is 5.95. The number of phenolic OH excluding ortho intramolecular Hbond substituents is 1. The van der Waals surface area contributed by atoms with Crippen LogP contribution in [-0.4, -0.2) is 71.4 Å². The number of carbonyl (C=O) groups is 1. The Morgan fingerprint density at radius 3 is 2.52 bits per heavy atom. The molecule has 2 atom stereocenters. The molecule has 2 saturated heterocycles. The van der Waals surface area contributed by atoms with Gasteiger partial charge in [-0.15, -0.1) is 0 Å². The molecule has 0 aliphatic carbocycles. The highest BCUT2D eigenvalue weighted by Crippen LogP contribution is 2.37. The van der Waals surface area contributed by atoms with Crippen LogP contribution >= 0.6 is 0 Å². The number of rotatable bonds is 3. The zero-order chi connectivity index (χ0) is 20.4. The van der Waals surface area contributed by atoms with Gasteiger partial charge in [-0.3, -0.25) is 9.69 Å². The lowest BCUT2D eigenvalue weighted by Gasteiger charge is -2.50. The second-order valence-electron chi connectivity index (χ2n) is 7.62. The van der Waals surface area contributed by atoms with Crippen LogP contribution in [0.15, 0.2) is 48.5 Å². The summed E-state index contributed by atoms with van der Waals surface area (Å²) in [4.78, 5) is 16.8. The molecule has 0 bridgehead atoms. The van der Waals surface area contributed by atoms with Crippen LogP contribution in [0.3, 0.4) is 0 Å². The molecule has 0 aromatic heterocycles. The van der Waals surface area contributed by atoms with Gasteiger partial charge < -0.3 is 19.8 Å². The van der Waals surface area contributed by atoms with E-state index in [1.54, 1.807) is 4.90 Å². The fourth-order valence-corrected chi connectivity index (χ4v) is 4.30. The molecule has 0 spiro atoms. The van der Waals surface area contributed by atoms with Crippen LogP contribution in [0.25, 0.3) is 0 Å². The lowest BCUT2D eigenvalue weighted by molar-refractivity contribution is -0.112. The molecule has 2 aromatic rings. The molecule has 7 heteroatoms. The van der Waals surface area contributed by atoms with Crippen LogP contribution in [0.5, 0.6) is 5.75 Å². The molecule has 0 unspecified atom stereocenters. The van der Waals surface area contributed by atoms with Crippen LogP contribution in [0, 0.1) is 5.82 Å². The molecule has 2 aliphatic heterocycles. The normalized spacial score (nSPS) is 25.7. The SMILES string of the molecule is O=C(c1ccc(O)c(F)c1)N1CC[C@](O)(c2ccccc2)[C@H](N2CCOCC2)C1. The fraction of sp³-hybridized carbons (Fsp3) is 0.409. The number of amides is 1. The molecule has 1 amide bonds. The average molecular weight is 400 g/mol. The number of aliphatic hydroxyl groups is 1. The highest BCUT2D eigenvalue weighted by molar-refractivity contribution is 5.94. The van der Waals surface area contributed by atoms with E-state index in [-0.39, 0.29) is 17.5 Å². The second kappa shape index (κ2) is 8.10. The molecule has 0 radical (unpaired) electrons. The zero-order valence-electron chi connectivity index (χ0n) is 16.1. The van der Waals surface area contributed by atoms with E-state index in [2.05, 4.69) is 4.90 Å². The molecule has 2 fully saturated rings. The minimum absolute atomic E-state index is 0.186. The third-order valence-electron chi connectivity index (χ3n) is 5.95. The topological polar surface area (TPSA) is 73.2 Å². The Bertz CT molecular complexity index is 872. The summed E-state index contributed by atoms with van der Waals surface area (Å²) in [6.45, 7) is 3.20. The number of likely N-dealkylation sites (tertiary alicyclic amines) is 1. The minimum atomic E-state index is -1.09. The van der Waals surface area contributed by atoms with E-state index in [0.29, 0.717) is 45.8 Å². The number of aromatic hydroxyl groups is 1. The molecule has 0 saturated carbocycles. The lowest BCUT2D eigenvalue weighted by Crippen LogP contribution is -2.63. The predicted octanol–water partition coefficient (Wildman–Crippen LogP) is 1.97. The molecule has 2 N–H and O–H groups in total. The third kappa shape index (κ3) is 3.85. The molecular weight excluding hydrogens is 375 g/mol. The predicted molar refractivity (Wildman–Crippen MR) is 105 cm³/mol. The molecule has 29 heavy (non-hydrogen) atoms. The van der Waals surface area contributed by atoms with E-state index in [1.165, 1.54) is 12.1 Å². The van der Waals surface area contributed by atoms with Gasteiger partial charge in [0, 0.05) is 31.7 Å².